The molecule has 4 nitrogen and oxygen atoms in total. The molecule has 0 rings (SSSR count). The van der Waals surface area contributed by atoms with E-state index in [2.05, 4.69) is 11.7 Å². The van der Waals surface area contributed by atoms with E-state index < -0.39 is 0 Å². The van der Waals surface area contributed by atoms with Crippen molar-refractivity contribution in [2.75, 3.05) is 0 Å². The third-order valence-electron chi connectivity index (χ3n) is 0. The van der Waals surface area contributed by atoms with Gasteiger partial charge in [0.25, 0.3) is 0 Å². The quantitative estimate of drug-likeness (QED) is 0.222. The van der Waals surface area contributed by atoms with Crippen molar-refractivity contribution in [3.05, 3.63) is 0 Å². The van der Waals surface area contributed by atoms with Gasteiger partial charge in [0, 0.05) is 0 Å². The second-order valence-electron chi connectivity index (χ2n) is 0. The molecule has 0 radical (unpaired) electrons. The van der Waals surface area contributed by atoms with Crippen molar-refractivity contribution < 1.29 is 30.4 Å². The van der Waals surface area contributed by atoms with Crippen molar-refractivity contribution in [2.24, 2.45) is 11.7 Å². The third-order valence-corrected chi connectivity index (χ3v) is 0. The molecule has 0 aromatic carbocycles. The molecule has 0 saturated heterocycles. The Morgan fingerprint density at radius 3 is 1.00 bits per heavy atom. The summed E-state index contributed by atoms with van der Waals surface area (Å²) in [4.78, 5) is 0. The molecule has 0 spiro atoms. The first-order valence-electron chi connectivity index (χ1n) is 0.333. The van der Waals surface area contributed by atoms with Gasteiger partial charge in [0.2, 0.25) is 0 Å². The van der Waals surface area contributed by atoms with E-state index >= 15 is 0 Å². The molecular weight excluding hydrogens is 125 g/mol. The normalized spacial score (nSPS) is 1.20. The van der Waals surface area contributed by atoms with Crippen molar-refractivity contribution in [1.82, 2.24) is 0 Å². The van der Waals surface area contributed by atoms with Gasteiger partial charge in [0.15, 0.2) is 0 Å². The molecule has 0 aliphatic rings. The van der Waals surface area contributed by atoms with Crippen LogP contribution in [-0.4, -0.2) is 5.48 Å². The van der Waals surface area contributed by atoms with E-state index in [9.17, 15) is 0 Å². The van der Waals surface area contributed by atoms with E-state index in [1.54, 1.807) is 0 Å². The molecule has 0 aliphatic carbocycles. The number of hydrogen-bond acceptors (Lipinski definition) is 2. The minimum atomic E-state index is 0. The van der Waals surface area contributed by atoms with Gasteiger partial charge in [0.05, 0.1) is 0 Å². The Bertz CT molecular complexity index is 7.61. The Morgan fingerprint density at radius 2 is 1.00 bits per heavy atom. The van der Waals surface area contributed by atoms with Gasteiger partial charge in [0.1, 0.15) is 0 Å². The molecule has 0 heterocycles. The fourth-order valence-electron chi connectivity index (χ4n) is 0. The van der Waals surface area contributed by atoms with E-state index in [4.69, 9.17) is 0 Å². The molecule has 0 unspecified atom stereocenters. The first-order chi connectivity index (χ1) is 1.00. The molecule has 5 heteroatoms. The average Bonchev–Trinajstić information content (AvgIpc) is 1.00. The number of hydrogen-bond donors (Lipinski definition) is 2. The van der Waals surface area contributed by atoms with E-state index in [1.807, 2.05) is 0 Å². The second-order valence-corrected chi connectivity index (χ2v) is 0. The van der Waals surface area contributed by atoms with E-state index in [0.29, 0.717) is 0 Å². The molecule has 0 atom stereocenters. The monoisotopic (exact) mass is 130 g/mol. The molecule has 0 saturated carbocycles. The molecule has 0 amide bonds. The van der Waals surface area contributed by atoms with Gasteiger partial charge < -0.3 is 11.0 Å². The summed E-state index contributed by atoms with van der Waals surface area (Å²) in [6.07, 6.45) is 0. The largest absolute Gasteiger partial charge is 2.00 e. The number of rotatable bonds is 0. The third kappa shape index (κ3) is 126. The van der Waals surface area contributed by atoms with Gasteiger partial charge in [-0.25, -0.2) is 0 Å². The van der Waals surface area contributed by atoms with Crippen LogP contribution in [0.1, 0.15) is 0 Å². The van der Waals surface area contributed by atoms with Crippen molar-refractivity contribution in [1.29, 1.82) is 0 Å². The standard InChI is InChI=1S/H4N2.H2O.O.Zn/c1-2;;;/h1-2H2;1H2;;/q;;-2;+2. The van der Waals surface area contributed by atoms with E-state index in [0.717, 1.165) is 0 Å². The van der Waals surface area contributed by atoms with Crippen molar-refractivity contribution in [3.63, 3.8) is 0 Å². The SMILES string of the molecule is NN.O.[O-2].[Zn+2]. The number of hydrazine groups is 1. The molecule has 0 aromatic rings. The van der Waals surface area contributed by atoms with Crippen LogP contribution in [0.3, 0.4) is 0 Å². The van der Waals surface area contributed by atoms with Crippen LogP contribution in [0.5, 0.6) is 0 Å². The molecular formula is H6N2O2Zn. The molecule has 6 N–H and O–H groups in total. The summed E-state index contributed by atoms with van der Waals surface area (Å²) in [5.74, 6) is 8.00. The van der Waals surface area contributed by atoms with Gasteiger partial charge in [-0.2, -0.15) is 0 Å². The van der Waals surface area contributed by atoms with Crippen LogP contribution in [0.25, 0.3) is 0 Å². The van der Waals surface area contributed by atoms with Gasteiger partial charge in [-0.05, 0) is 0 Å². The first-order valence-corrected chi connectivity index (χ1v) is 0.333. The summed E-state index contributed by atoms with van der Waals surface area (Å²) in [5.41, 5.74) is 0. The maximum atomic E-state index is 4.00. The Morgan fingerprint density at radius 1 is 1.00 bits per heavy atom. The van der Waals surface area contributed by atoms with Crippen molar-refractivity contribution in [3.8, 4) is 0 Å². The van der Waals surface area contributed by atoms with Gasteiger partial charge in [-0.1, -0.05) is 0 Å². The molecule has 0 bridgehead atoms. The van der Waals surface area contributed by atoms with Crippen LogP contribution < -0.4 is 11.7 Å². The average molecular weight is 131 g/mol. The number of nitrogens with two attached hydrogens (primary N) is 2. The van der Waals surface area contributed by atoms with E-state index in [-0.39, 0.29) is 30.4 Å². The van der Waals surface area contributed by atoms with Gasteiger partial charge >= 0.3 is 19.5 Å². The van der Waals surface area contributed by atoms with Crippen LogP contribution in [0.15, 0.2) is 0 Å². The fraction of sp³-hybridized carbons (Fsp3) is 0. The molecule has 0 fully saturated rings. The zero-order valence-corrected chi connectivity index (χ0v) is 5.74. The zero-order chi connectivity index (χ0) is 2.00. The summed E-state index contributed by atoms with van der Waals surface area (Å²) >= 11 is 0. The summed E-state index contributed by atoms with van der Waals surface area (Å²) in [6.45, 7) is 0. The molecule has 30 valence electrons. The Balaban J connectivity index is -0.00000000167. The van der Waals surface area contributed by atoms with Crippen molar-refractivity contribution >= 4 is 0 Å². The Kier molecular flexibility index (Phi) is 2530. The summed E-state index contributed by atoms with van der Waals surface area (Å²) in [7, 11) is 0. The van der Waals surface area contributed by atoms with Crippen LogP contribution >= 0.6 is 0 Å². The van der Waals surface area contributed by atoms with E-state index in [1.165, 1.54) is 0 Å². The molecule has 0 aliphatic heterocycles. The Labute approximate surface area is 42.9 Å². The predicted molar refractivity (Wildman–Crippen MR) is 12.7 cm³/mol. The Hall–Kier alpha value is 0.463. The first kappa shape index (κ1) is 50.8. The smallest absolute Gasteiger partial charge is 2.00 e. The summed E-state index contributed by atoms with van der Waals surface area (Å²) < 4.78 is 0. The zero-order valence-electron chi connectivity index (χ0n) is 2.77. The maximum Gasteiger partial charge on any atom is 2.00 e. The van der Waals surface area contributed by atoms with Crippen LogP contribution in [0.4, 0.5) is 0 Å². The summed E-state index contributed by atoms with van der Waals surface area (Å²) in [5, 5.41) is 0. The second kappa shape index (κ2) is 249. The molecule has 0 aromatic heterocycles. The topological polar surface area (TPSA) is 112 Å². The minimum Gasteiger partial charge on any atom is -2.00 e. The van der Waals surface area contributed by atoms with Gasteiger partial charge in [-0.15, -0.1) is 0 Å². The molecule has 5 heavy (non-hydrogen) atoms. The van der Waals surface area contributed by atoms with Crippen LogP contribution in [0.2, 0.25) is 0 Å². The fourth-order valence-corrected chi connectivity index (χ4v) is 0. The predicted octanol–water partition coefficient (Wildman–Crippen LogP) is -2.13. The maximum absolute atomic E-state index is 4.00. The van der Waals surface area contributed by atoms with Crippen molar-refractivity contribution in [2.45, 2.75) is 0 Å². The van der Waals surface area contributed by atoms with Crippen LogP contribution in [0, 0.1) is 0 Å². The summed E-state index contributed by atoms with van der Waals surface area (Å²) in [6, 6.07) is 0. The van der Waals surface area contributed by atoms with Gasteiger partial charge in [-0.3, -0.25) is 11.7 Å². The van der Waals surface area contributed by atoms with Crippen LogP contribution in [-0.2, 0) is 25.0 Å². The minimum absolute atomic E-state index is 0.